The Morgan fingerprint density at radius 3 is 2.28 bits per heavy atom. The molecule has 3 N–H and O–H groups in total. The third-order valence-corrected chi connectivity index (χ3v) is 9.64. The van der Waals surface area contributed by atoms with E-state index >= 15 is 0 Å². The first-order chi connectivity index (χ1) is 22.0. The summed E-state index contributed by atoms with van der Waals surface area (Å²) in [7, 11) is -3.09. The van der Waals surface area contributed by atoms with Gasteiger partial charge in [-0.1, -0.05) is 18.2 Å². The maximum absolute atomic E-state index is 14.3. The van der Waals surface area contributed by atoms with Gasteiger partial charge in [-0.05, 0) is 73.5 Å². The largest absolute Gasteiger partial charge is 0.480 e. The lowest BCUT2D eigenvalue weighted by Crippen LogP contribution is -2.48. The molecule has 6 rings (SSSR count). The Hall–Kier alpha value is -4.81. The molecule has 1 aliphatic rings. The van der Waals surface area contributed by atoms with Crippen molar-refractivity contribution in [1.29, 1.82) is 0 Å². The number of nitrogens with one attached hydrogen (secondary N) is 1. The van der Waals surface area contributed by atoms with Crippen LogP contribution in [0.4, 0.5) is 26.0 Å². The minimum Gasteiger partial charge on any atom is -0.480 e. The highest BCUT2D eigenvalue weighted by molar-refractivity contribution is 7.92. The van der Waals surface area contributed by atoms with Crippen molar-refractivity contribution in [3.63, 3.8) is 0 Å². The maximum atomic E-state index is 14.3. The molecule has 3 heterocycles. The second-order valence-corrected chi connectivity index (χ2v) is 13.1. The van der Waals surface area contributed by atoms with Gasteiger partial charge in [-0.25, -0.2) is 27.2 Å². The average molecular weight is 645 g/mol. The summed E-state index contributed by atoms with van der Waals surface area (Å²) in [6, 6.07) is 20.2. The van der Waals surface area contributed by atoms with E-state index in [2.05, 4.69) is 62.6 Å². The fourth-order valence-corrected chi connectivity index (χ4v) is 6.80. The Balaban J connectivity index is 1.28. The number of nitrogens with two attached hydrogens (primary N) is 1. The number of ether oxygens (including phenoxy) is 1. The summed E-state index contributed by atoms with van der Waals surface area (Å²) in [5.74, 6) is -1.71. The van der Waals surface area contributed by atoms with E-state index in [4.69, 9.17) is 10.5 Å². The van der Waals surface area contributed by atoms with Gasteiger partial charge in [0, 0.05) is 66.7 Å². The normalized spacial score (nSPS) is 14.2. The number of sulfonamides is 1. The summed E-state index contributed by atoms with van der Waals surface area (Å²) in [6.45, 7) is 8.48. The summed E-state index contributed by atoms with van der Waals surface area (Å²) in [6.07, 6.45) is 1.54. The minimum absolute atomic E-state index is 0.00866. The van der Waals surface area contributed by atoms with Crippen LogP contribution in [0.5, 0.6) is 5.88 Å². The van der Waals surface area contributed by atoms with E-state index in [-0.39, 0.29) is 11.6 Å². The molecule has 0 radical (unpaired) electrons. The molecular weight excluding hydrogens is 610 g/mol. The van der Waals surface area contributed by atoms with Gasteiger partial charge in [0.2, 0.25) is 5.88 Å². The second-order valence-electron chi connectivity index (χ2n) is 11.5. The SMILES string of the molecule is COc1ncc(-c2ccc3nc(N)c(-c4ccc(N5CCN(C(C)C)CC5)cc4)cc3c2)cc1NS(=O)(=O)c1ccc(F)cc1F. The lowest BCUT2D eigenvalue weighted by Gasteiger charge is -2.38. The smallest absolute Gasteiger partial charge is 0.264 e. The molecule has 1 saturated heterocycles. The van der Waals surface area contributed by atoms with Crippen molar-refractivity contribution < 1.29 is 21.9 Å². The molecule has 0 aliphatic carbocycles. The molecular formula is C34H34F2N6O3S. The van der Waals surface area contributed by atoms with Crippen LogP contribution in [0.25, 0.3) is 33.2 Å². The molecule has 238 valence electrons. The number of benzene rings is 3. The third kappa shape index (κ3) is 6.31. The maximum Gasteiger partial charge on any atom is 0.264 e. The molecule has 3 aromatic carbocycles. The number of methoxy groups -OCH3 is 1. The fraction of sp³-hybridized carbons (Fsp3) is 0.235. The van der Waals surface area contributed by atoms with Gasteiger partial charge in [-0.3, -0.25) is 9.62 Å². The van der Waals surface area contributed by atoms with Crippen molar-refractivity contribution in [2.24, 2.45) is 0 Å². The van der Waals surface area contributed by atoms with Crippen LogP contribution in [-0.2, 0) is 10.0 Å². The Kier molecular flexibility index (Phi) is 8.49. The quantitative estimate of drug-likeness (QED) is 0.206. The topological polar surface area (TPSA) is 114 Å². The van der Waals surface area contributed by atoms with Crippen LogP contribution in [0.1, 0.15) is 13.8 Å². The molecule has 0 unspecified atom stereocenters. The second kappa shape index (κ2) is 12.5. The lowest BCUT2D eigenvalue weighted by atomic mass is 10.0. The first kappa shape index (κ1) is 31.2. The zero-order chi connectivity index (χ0) is 32.6. The molecule has 1 aliphatic heterocycles. The van der Waals surface area contributed by atoms with E-state index in [1.807, 2.05) is 24.3 Å². The summed E-state index contributed by atoms with van der Waals surface area (Å²) in [4.78, 5) is 13.1. The highest BCUT2D eigenvalue weighted by Gasteiger charge is 2.23. The predicted molar refractivity (Wildman–Crippen MR) is 177 cm³/mol. The molecule has 46 heavy (non-hydrogen) atoms. The molecule has 1 fully saturated rings. The minimum atomic E-state index is -4.43. The van der Waals surface area contributed by atoms with Crippen molar-refractivity contribution in [3.05, 3.63) is 90.6 Å². The van der Waals surface area contributed by atoms with Crippen molar-refractivity contribution in [3.8, 4) is 28.1 Å². The number of piperazine rings is 1. The van der Waals surface area contributed by atoms with E-state index in [0.29, 0.717) is 29.0 Å². The van der Waals surface area contributed by atoms with E-state index < -0.39 is 26.6 Å². The van der Waals surface area contributed by atoms with Gasteiger partial charge < -0.3 is 15.4 Å². The number of pyridine rings is 2. The van der Waals surface area contributed by atoms with Gasteiger partial charge in [0.25, 0.3) is 10.0 Å². The van der Waals surface area contributed by atoms with E-state index in [1.54, 1.807) is 6.20 Å². The van der Waals surface area contributed by atoms with Gasteiger partial charge >= 0.3 is 0 Å². The zero-order valence-electron chi connectivity index (χ0n) is 25.7. The number of halogens is 2. The number of aromatic nitrogens is 2. The predicted octanol–water partition coefficient (Wildman–Crippen LogP) is 6.16. The summed E-state index contributed by atoms with van der Waals surface area (Å²) < 4.78 is 61.3. The molecule has 5 aromatic rings. The van der Waals surface area contributed by atoms with Crippen molar-refractivity contribution in [2.45, 2.75) is 24.8 Å². The van der Waals surface area contributed by atoms with Crippen LogP contribution < -0.4 is 20.1 Å². The standard InChI is InChI=1S/C34H34F2N6O3S/c1-21(2)41-12-14-42(15-13-41)27-8-4-22(5-9-27)28-17-24-16-23(6-10-30(24)39-33(28)37)25-18-31(34(45-3)38-20-25)40-46(43,44)32-11-7-26(35)19-29(32)36/h4-11,16-21,40H,12-15H2,1-3H3,(H2,37,39). The number of hydrogen-bond donors (Lipinski definition) is 2. The number of rotatable bonds is 8. The Morgan fingerprint density at radius 1 is 0.891 bits per heavy atom. The molecule has 0 bridgehead atoms. The Bertz CT molecular complexity index is 2010. The lowest BCUT2D eigenvalue weighted by molar-refractivity contribution is 0.209. The van der Waals surface area contributed by atoms with Crippen LogP contribution in [-0.4, -0.2) is 62.6 Å². The monoisotopic (exact) mass is 644 g/mol. The zero-order valence-corrected chi connectivity index (χ0v) is 26.5. The van der Waals surface area contributed by atoms with Crippen LogP contribution in [0, 0.1) is 11.6 Å². The van der Waals surface area contributed by atoms with Crippen LogP contribution in [0.3, 0.4) is 0 Å². The summed E-state index contributed by atoms with van der Waals surface area (Å²) >= 11 is 0. The molecule has 2 aromatic heterocycles. The average Bonchev–Trinajstić information content (AvgIpc) is 3.04. The first-order valence-corrected chi connectivity index (χ1v) is 16.3. The van der Waals surface area contributed by atoms with E-state index in [0.717, 1.165) is 60.4 Å². The van der Waals surface area contributed by atoms with Crippen LogP contribution >= 0.6 is 0 Å². The van der Waals surface area contributed by atoms with Crippen molar-refractivity contribution >= 4 is 38.1 Å². The number of hydrogen-bond acceptors (Lipinski definition) is 8. The molecule has 9 nitrogen and oxygen atoms in total. The third-order valence-electron chi connectivity index (χ3n) is 8.24. The van der Waals surface area contributed by atoms with E-state index in [1.165, 1.54) is 18.9 Å². The first-order valence-electron chi connectivity index (χ1n) is 14.8. The van der Waals surface area contributed by atoms with Crippen molar-refractivity contribution in [1.82, 2.24) is 14.9 Å². The molecule has 12 heteroatoms. The summed E-state index contributed by atoms with van der Waals surface area (Å²) in [5, 5.41) is 0.821. The Labute approximate surface area is 266 Å². The highest BCUT2D eigenvalue weighted by atomic mass is 32.2. The molecule has 0 spiro atoms. The number of fused-ring (bicyclic) bond motifs is 1. The molecule has 0 atom stereocenters. The highest BCUT2D eigenvalue weighted by Crippen LogP contribution is 2.34. The number of nitrogens with zero attached hydrogens (tertiary/aromatic N) is 4. The van der Waals surface area contributed by atoms with Gasteiger partial charge in [-0.2, -0.15) is 0 Å². The van der Waals surface area contributed by atoms with Gasteiger partial charge in [-0.15, -0.1) is 0 Å². The number of anilines is 3. The van der Waals surface area contributed by atoms with E-state index in [9.17, 15) is 17.2 Å². The van der Waals surface area contributed by atoms with Gasteiger partial charge in [0.15, 0.2) is 0 Å². The van der Waals surface area contributed by atoms with Crippen LogP contribution in [0.2, 0.25) is 0 Å². The van der Waals surface area contributed by atoms with Gasteiger partial charge in [0.05, 0.1) is 12.6 Å². The fourth-order valence-electron chi connectivity index (χ4n) is 5.69. The Morgan fingerprint density at radius 2 is 1.61 bits per heavy atom. The summed E-state index contributed by atoms with van der Waals surface area (Å²) in [5.41, 5.74) is 11.3. The molecule has 0 amide bonds. The van der Waals surface area contributed by atoms with Gasteiger partial charge in [0.1, 0.15) is 28.0 Å². The van der Waals surface area contributed by atoms with Crippen molar-refractivity contribution in [2.75, 3.05) is 48.6 Å². The molecule has 0 saturated carbocycles. The number of nitrogen functional groups attached to an aromatic ring is 1. The van der Waals surface area contributed by atoms with Crippen LogP contribution in [0.15, 0.2) is 83.9 Å².